The first kappa shape index (κ1) is 19.5. The molecule has 4 heterocycles. The molecule has 0 aromatic carbocycles. The molecule has 3 N–H and O–H groups in total. The van der Waals surface area contributed by atoms with E-state index in [1.54, 1.807) is 17.6 Å². The van der Waals surface area contributed by atoms with Gasteiger partial charge in [0.1, 0.15) is 18.1 Å². The molecule has 8 heteroatoms. The zero-order chi connectivity index (χ0) is 21.4. The SMILES string of the molecule is CC#Cc1cc(-c2ccn3nc(NC(=O)C4CC4)cc3c2)c(OCC2(N)COC2)cn1. The summed E-state index contributed by atoms with van der Waals surface area (Å²) in [7, 11) is 0. The van der Waals surface area contributed by atoms with Crippen LogP contribution in [0, 0.1) is 17.8 Å². The second kappa shape index (κ2) is 7.69. The Bertz CT molecular complexity index is 1210. The number of hydrogen-bond acceptors (Lipinski definition) is 6. The normalized spacial score (nSPS) is 16.8. The van der Waals surface area contributed by atoms with Gasteiger partial charge in [-0.05, 0) is 49.4 Å². The largest absolute Gasteiger partial charge is 0.489 e. The fourth-order valence-corrected chi connectivity index (χ4v) is 3.45. The fourth-order valence-electron chi connectivity index (χ4n) is 3.45. The summed E-state index contributed by atoms with van der Waals surface area (Å²) in [5.41, 5.74) is 9.06. The third-order valence-electron chi connectivity index (χ3n) is 5.39. The van der Waals surface area contributed by atoms with Gasteiger partial charge in [-0.1, -0.05) is 5.92 Å². The molecule has 1 aliphatic heterocycles. The van der Waals surface area contributed by atoms with Crippen LogP contribution < -0.4 is 15.8 Å². The van der Waals surface area contributed by atoms with Crippen LogP contribution in [-0.4, -0.2) is 45.9 Å². The second-order valence-electron chi connectivity index (χ2n) is 8.16. The molecule has 158 valence electrons. The highest BCUT2D eigenvalue weighted by atomic mass is 16.5. The van der Waals surface area contributed by atoms with E-state index in [4.69, 9.17) is 15.2 Å². The summed E-state index contributed by atoms with van der Waals surface area (Å²) in [6.45, 7) is 3.07. The van der Waals surface area contributed by atoms with E-state index in [2.05, 4.69) is 27.2 Å². The number of nitrogens with one attached hydrogen (secondary N) is 1. The van der Waals surface area contributed by atoms with Crippen LogP contribution in [0.25, 0.3) is 16.6 Å². The van der Waals surface area contributed by atoms with Gasteiger partial charge in [0.2, 0.25) is 5.91 Å². The highest BCUT2D eigenvalue weighted by Crippen LogP contribution is 2.33. The van der Waals surface area contributed by atoms with E-state index in [1.807, 2.05) is 30.5 Å². The van der Waals surface area contributed by atoms with Crippen molar-refractivity contribution in [2.75, 3.05) is 25.1 Å². The lowest BCUT2D eigenvalue weighted by Crippen LogP contribution is -2.61. The molecule has 0 radical (unpaired) electrons. The number of pyridine rings is 2. The second-order valence-corrected chi connectivity index (χ2v) is 8.16. The zero-order valence-electron chi connectivity index (χ0n) is 17.2. The first-order valence-electron chi connectivity index (χ1n) is 10.3. The van der Waals surface area contributed by atoms with Crippen LogP contribution in [0.1, 0.15) is 25.5 Å². The maximum absolute atomic E-state index is 12.1. The topological polar surface area (TPSA) is 104 Å². The van der Waals surface area contributed by atoms with Crippen molar-refractivity contribution in [3.05, 3.63) is 42.4 Å². The summed E-state index contributed by atoms with van der Waals surface area (Å²) < 4.78 is 13.0. The Morgan fingerprint density at radius 1 is 1.39 bits per heavy atom. The summed E-state index contributed by atoms with van der Waals surface area (Å²) in [4.78, 5) is 16.4. The molecule has 1 aliphatic carbocycles. The van der Waals surface area contributed by atoms with Crippen LogP contribution >= 0.6 is 0 Å². The minimum Gasteiger partial charge on any atom is -0.489 e. The maximum atomic E-state index is 12.1. The monoisotopic (exact) mass is 417 g/mol. The summed E-state index contributed by atoms with van der Waals surface area (Å²) in [5, 5.41) is 7.33. The van der Waals surface area contributed by atoms with Gasteiger partial charge in [-0.2, -0.15) is 5.10 Å². The molecule has 5 rings (SSSR count). The molecule has 8 nitrogen and oxygen atoms in total. The number of nitrogens with zero attached hydrogens (tertiary/aromatic N) is 3. The van der Waals surface area contributed by atoms with Gasteiger partial charge in [0.25, 0.3) is 0 Å². The van der Waals surface area contributed by atoms with E-state index >= 15 is 0 Å². The molecule has 0 atom stereocenters. The number of ether oxygens (including phenoxy) is 2. The third kappa shape index (κ3) is 4.10. The van der Waals surface area contributed by atoms with Crippen molar-refractivity contribution < 1.29 is 14.3 Å². The smallest absolute Gasteiger partial charge is 0.228 e. The molecular weight excluding hydrogens is 394 g/mol. The van der Waals surface area contributed by atoms with Crippen molar-refractivity contribution in [2.24, 2.45) is 11.7 Å². The van der Waals surface area contributed by atoms with Gasteiger partial charge in [-0.3, -0.25) is 4.79 Å². The van der Waals surface area contributed by atoms with Crippen molar-refractivity contribution in [3.8, 4) is 28.7 Å². The zero-order valence-corrected chi connectivity index (χ0v) is 17.2. The van der Waals surface area contributed by atoms with Gasteiger partial charge in [-0.25, -0.2) is 9.50 Å². The van der Waals surface area contributed by atoms with Crippen molar-refractivity contribution in [3.63, 3.8) is 0 Å². The van der Waals surface area contributed by atoms with Gasteiger partial charge in [-0.15, -0.1) is 0 Å². The Labute approximate surface area is 179 Å². The molecule has 0 unspecified atom stereocenters. The standard InChI is InChI=1S/C23H23N5O3/c1-2-3-17-9-19(20(11-25-17)31-14-23(24)12-30-13-23)16-6-7-28-18(8-16)10-21(27-28)26-22(29)15-4-5-15/h6-11,15H,4-5,12-14,24H2,1H3,(H,26,27,29). The number of hydrogen-bond donors (Lipinski definition) is 2. The lowest BCUT2D eigenvalue weighted by atomic mass is 10.0. The van der Waals surface area contributed by atoms with Crippen LogP contribution in [0.2, 0.25) is 0 Å². The van der Waals surface area contributed by atoms with Gasteiger partial charge >= 0.3 is 0 Å². The Kier molecular flexibility index (Phi) is 4.85. The molecule has 0 bridgehead atoms. The van der Waals surface area contributed by atoms with E-state index in [0.29, 0.717) is 37.1 Å². The molecule has 1 amide bonds. The van der Waals surface area contributed by atoms with Crippen LogP contribution in [0.5, 0.6) is 5.75 Å². The summed E-state index contributed by atoms with van der Waals surface area (Å²) in [6, 6.07) is 7.71. The number of aromatic nitrogens is 3. The molecule has 31 heavy (non-hydrogen) atoms. The van der Waals surface area contributed by atoms with Crippen molar-refractivity contribution in [1.29, 1.82) is 0 Å². The van der Waals surface area contributed by atoms with Crippen molar-refractivity contribution >= 4 is 17.2 Å². The molecule has 2 aliphatic rings. The predicted octanol–water partition coefficient (Wildman–Crippen LogP) is 2.22. The van der Waals surface area contributed by atoms with Crippen LogP contribution in [0.3, 0.4) is 0 Å². The molecule has 1 saturated heterocycles. The number of carbonyl (C=O) groups excluding carboxylic acids is 1. The maximum Gasteiger partial charge on any atom is 0.228 e. The molecule has 2 fully saturated rings. The Balaban J connectivity index is 1.46. The highest BCUT2D eigenvalue weighted by Gasteiger charge is 2.35. The summed E-state index contributed by atoms with van der Waals surface area (Å²) in [5.74, 6) is 7.21. The van der Waals surface area contributed by atoms with Crippen molar-refractivity contribution in [2.45, 2.75) is 25.3 Å². The van der Waals surface area contributed by atoms with Gasteiger partial charge in [0, 0.05) is 23.7 Å². The first-order valence-corrected chi connectivity index (χ1v) is 10.3. The summed E-state index contributed by atoms with van der Waals surface area (Å²) >= 11 is 0. The Morgan fingerprint density at radius 3 is 2.94 bits per heavy atom. The number of fused-ring (bicyclic) bond motifs is 1. The third-order valence-corrected chi connectivity index (χ3v) is 5.39. The lowest BCUT2D eigenvalue weighted by molar-refractivity contribution is -0.117. The van der Waals surface area contributed by atoms with E-state index < -0.39 is 5.54 Å². The Hall–Kier alpha value is -3.41. The first-order chi connectivity index (χ1) is 15.0. The molecule has 3 aromatic rings. The number of rotatable bonds is 6. The number of carbonyl (C=O) groups is 1. The van der Waals surface area contributed by atoms with E-state index in [0.717, 1.165) is 29.5 Å². The quantitative estimate of drug-likeness (QED) is 0.596. The Morgan fingerprint density at radius 2 is 2.23 bits per heavy atom. The number of nitrogens with two attached hydrogens (primary N) is 1. The van der Waals surface area contributed by atoms with E-state index in [9.17, 15) is 4.79 Å². The van der Waals surface area contributed by atoms with Gasteiger partial charge < -0.3 is 20.5 Å². The minimum atomic E-state index is -0.469. The van der Waals surface area contributed by atoms with E-state index in [1.165, 1.54) is 0 Å². The molecular formula is C23H23N5O3. The minimum absolute atomic E-state index is 0.0342. The molecule has 0 spiro atoms. The van der Waals surface area contributed by atoms with Crippen molar-refractivity contribution in [1.82, 2.24) is 14.6 Å². The van der Waals surface area contributed by atoms with Crippen LogP contribution in [0.15, 0.2) is 36.7 Å². The lowest BCUT2D eigenvalue weighted by Gasteiger charge is -2.37. The highest BCUT2D eigenvalue weighted by molar-refractivity contribution is 5.93. The van der Waals surface area contributed by atoms with Gasteiger partial charge in [0.05, 0.1) is 30.5 Å². The number of anilines is 1. The average Bonchev–Trinajstić information content (AvgIpc) is 3.52. The van der Waals surface area contributed by atoms with Crippen LogP contribution in [0.4, 0.5) is 5.82 Å². The summed E-state index contributed by atoms with van der Waals surface area (Å²) in [6.07, 6.45) is 5.44. The predicted molar refractivity (Wildman–Crippen MR) is 116 cm³/mol. The molecule has 3 aromatic heterocycles. The number of amides is 1. The molecule has 1 saturated carbocycles. The van der Waals surface area contributed by atoms with Gasteiger partial charge in [0.15, 0.2) is 5.82 Å². The van der Waals surface area contributed by atoms with E-state index in [-0.39, 0.29) is 11.8 Å². The average molecular weight is 417 g/mol. The fraction of sp³-hybridized carbons (Fsp3) is 0.348. The van der Waals surface area contributed by atoms with Crippen LogP contribution in [-0.2, 0) is 9.53 Å².